The summed E-state index contributed by atoms with van der Waals surface area (Å²) in [6.45, 7) is 0.500. The van der Waals surface area contributed by atoms with Crippen LogP contribution < -0.4 is 10.6 Å². The second kappa shape index (κ2) is 6.67. The van der Waals surface area contributed by atoms with E-state index in [1.807, 2.05) is 5.32 Å². The number of alkyl halides is 3. The van der Waals surface area contributed by atoms with Crippen LogP contribution in [0.25, 0.3) is 0 Å². The third-order valence-corrected chi connectivity index (χ3v) is 4.92. The van der Waals surface area contributed by atoms with Gasteiger partial charge in [0.1, 0.15) is 12.1 Å². The van der Waals surface area contributed by atoms with Crippen molar-refractivity contribution in [1.29, 1.82) is 0 Å². The fourth-order valence-electron chi connectivity index (χ4n) is 3.71. The van der Waals surface area contributed by atoms with Gasteiger partial charge < -0.3 is 10.6 Å². The summed E-state index contributed by atoms with van der Waals surface area (Å²) < 4.78 is 36.4. The van der Waals surface area contributed by atoms with Gasteiger partial charge in [0.05, 0.1) is 0 Å². The van der Waals surface area contributed by atoms with Gasteiger partial charge in [-0.15, -0.1) is 0 Å². The Hall–Kier alpha value is -2.09. The maximum absolute atomic E-state index is 12.7. The highest BCUT2D eigenvalue weighted by Gasteiger charge is 2.49. The smallest absolute Gasteiger partial charge is 0.343 e. The highest BCUT2D eigenvalue weighted by Crippen LogP contribution is 2.39. The molecule has 2 saturated heterocycles. The number of carbonyl (C=O) groups excluding carboxylic acids is 2. The molecule has 25 heavy (non-hydrogen) atoms. The Balaban J connectivity index is 1.61. The Morgan fingerprint density at radius 2 is 1.68 bits per heavy atom. The number of hydrogen-bond acceptors (Lipinski definition) is 3. The summed E-state index contributed by atoms with van der Waals surface area (Å²) in [5.41, 5.74) is 0.220. The third-order valence-electron chi connectivity index (χ3n) is 4.92. The van der Waals surface area contributed by atoms with E-state index in [0.29, 0.717) is 5.69 Å². The number of rotatable bonds is 4. The van der Waals surface area contributed by atoms with Crippen molar-refractivity contribution in [2.75, 3.05) is 25.0 Å². The molecule has 1 aromatic carbocycles. The molecule has 2 amide bonds. The first kappa shape index (κ1) is 17.7. The maximum atomic E-state index is 12.7. The molecular weight excluding hydrogens is 335 g/mol. The van der Waals surface area contributed by atoms with Gasteiger partial charge in [-0.05, 0) is 63.0 Å². The lowest BCUT2D eigenvalue weighted by Gasteiger charge is -2.30. The van der Waals surface area contributed by atoms with E-state index in [9.17, 15) is 22.8 Å². The molecule has 0 aliphatic carbocycles. The van der Waals surface area contributed by atoms with Gasteiger partial charge in [-0.2, -0.15) is 13.2 Å². The number of benzene rings is 1. The lowest BCUT2D eigenvalue weighted by atomic mass is 9.93. The van der Waals surface area contributed by atoms with Gasteiger partial charge in [0, 0.05) is 11.3 Å². The molecule has 2 fully saturated rings. The Bertz CT molecular complexity index is 648. The number of halogens is 3. The van der Waals surface area contributed by atoms with E-state index in [2.05, 4.69) is 10.2 Å². The first-order valence-corrected chi connectivity index (χ1v) is 8.32. The van der Waals surface area contributed by atoms with E-state index in [4.69, 9.17) is 0 Å². The zero-order valence-corrected chi connectivity index (χ0v) is 13.7. The lowest BCUT2D eigenvalue weighted by Crippen LogP contribution is -2.48. The number of hydrogen-bond donors (Lipinski definition) is 2. The molecule has 0 aromatic heterocycles. The van der Waals surface area contributed by atoms with Gasteiger partial charge >= 0.3 is 6.18 Å². The van der Waals surface area contributed by atoms with Crippen molar-refractivity contribution in [3.63, 3.8) is 0 Å². The van der Waals surface area contributed by atoms with Crippen LogP contribution in [0.5, 0.6) is 0 Å². The van der Waals surface area contributed by atoms with Crippen molar-refractivity contribution in [2.24, 2.45) is 0 Å². The molecule has 2 N–H and O–H groups in total. The average molecular weight is 355 g/mol. The summed E-state index contributed by atoms with van der Waals surface area (Å²) in [5.74, 6) is -0.844. The van der Waals surface area contributed by atoms with Crippen molar-refractivity contribution in [3.8, 4) is 0 Å². The molecule has 0 spiro atoms. The molecule has 0 radical (unpaired) electrons. The molecule has 5 nitrogen and oxygen atoms in total. The quantitative estimate of drug-likeness (QED) is 0.873. The molecule has 0 saturated carbocycles. The summed E-state index contributed by atoms with van der Waals surface area (Å²) in [5, 5.41) is 4.69. The summed E-state index contributed by atoms with van der Waals surface area (Å²) in [7, 11) is 0. The Morgan fingerprint density at radius 3 is 2.24 bits per heavy atom. The Kier molecular flexibility index (Phi) is 4.73. The van der Waals surface area contributed by atoms with Gasteiger partial charge in [0.2, 0.25) is 5.91 Å². The van der Waals surface area contributed by atoms with Crippen LogP contribution in [0, 0.1) is 0 Å². The minimum Gasteiger partial charge on any atom is -0.343 e. The van der Waals surface area contributed by atoms with E-state index in [-0.39, 0.29) is 11.5 Å². The minimum absolute atomic E-state index is 0.0447. The van der Waals surface area contributed by atoms with Crippen LogP contribution in [0.2, 0.25) is 0 Å². The number of carbonyl (C=O) groups is 2. The van der Waals surface area contributed by atoms with Crippen molar-refractivity contribution >= 4 is 17.5 Å². The van der Waals surface area contributed by atoms with Gasteiger partial charge in [-0.1, -0.05) is 0 Å². The van der Waals surface area contributed by atoms with Crippen LogP contribution in [0.3, 0.4) is 0 Å². The molecule has 3 rings (SSSR count). The molecule has 2 aliphatic heterocycles. The highest BCUT2D eigenvalue weighted by atomic mass is 19.4. The van der Waals surface area contributed by atoms with E-state index in [1.165, 1.54) is 24.3 Å². The van der Waals surface area contributed by atoms with Gasteiger partial charge in [-0.3, -0.25) is 14.5 Å². The Labute approximate surface area is 143 Å². The summed E-state index contributed by atoms with van der Waals surface area (Å²) in [6.07, 6.45) is -0.748. The van der Waals surface area contributed by atoms with Crippen molar-refractivity contribution < 1.29 is 22.8 Å². The number of nitrogens with one attached hydrogen (secondary N) is 2. The minimum atomic E-state index is -4.45. The van der Waals surface area contributed by atoms with Crippen molar-refractivity contribution in [3.05, 3.63) is 29.8 Å². The molecule has 8 heteroatoms. The molecule has 136 valence electrons. The SMILES string of the molecule is O=C(NCC(F)(F)F)c1ccc(NC(=O)C23CCCN2CCC3)cc1. The first-order valence-electron chi connectivity index (χ1n) is 8.32. The second-order valence-corrected chi connectivity index (χ2v) is 6.56. The number of amides is 2. The van der Waals surface area contributed by atoms with E-state index in [0.717, 1.165) is 38.8 Å². The average Bonchev–Trinajstić information content (AvgIpc) is 3.13. The normalized spacial score (nSPS) is 19.5. The number of anilines is 1. The Morgan fingerprint density at radius 1 is 1.08 bits per heavy atom. The van der Waals surface area contributed by atoms with Crippen LogP contribution in [0.1, 0.15) is 36.0 Å². The molecule has 0 unspecified atom stereocenters. The van der Waals surface area contributed by atoms with E-state index in [1.54, 1.807) is 0 Å². The standard InChI is InChI=1S/C17H20F3N3O2/c18-17(19,20)11-21-14(24)12-3-5-13(6-4-12)22-15(25)16-7-1-9-23(16)10-2-8-16/h3-6H,1-2,7-11H2,(H,21,24)(H,22,25). The fraction of sp³-hybridized carbons (Fsp3) is 0.529. The number of fused-ring (bicyclic) bond motifs is 1. The van der Waals surface area contributed by atoms with Crippen molar-refractivity contribution in [1.82, 2.24) is 10.2 Å². The van der Waals surface area contributed by atoms with E-state index >= 15 is 0 Å². The summed E-state index contributed by atoms with van der Waals surface area (Å²) in [4.78, 5) is 26.6. The molecule has 0 bridgehead atoms. The van der Waals surface area contributed by atoms with Crippen molar-refractivity contribution in [2.45, 2.75) is 37.4 Å². The zero-order chi connectivity index (χ0) is 18.1. The first-order chi connectivity index (χ1) is 11.8. The zero-order valence-electron chi connectivity index (χ0n) is 13.7. The molecule has 2 heterocycles. The lowest BCUT2D eigenvalue weighted by molar-refractivity contribution is -0.125. The van der Waals surface area contributed by atoms with Crippen LogP contribution in [-0.4, -0.2) is 48.1 Å². The summed E-state index contributed by atoms with van der Waals surface area (Å²) in [6, 6.07) is 5.87. The number of nitrogens with zero attached hydrogens (tertiary/aromatic N) is 1. The van der Waals surface area contributed by atoms with Gasteiger partial charge in [0.15, 0.2) is 0 Å². The fourth-order valence-corrected chi connectivity index (χ4v) is 3.71. The van der Waals surface area contributed by atoms with Crippen LogP contribution in [0.4, 0.5) is 18.9 Å². The predicted octanol–water partition coefficient (Wildman–Crippen LogP) is 2.55. The van der Waals surface area contributed by atoms with Gasteiger partial charge in [0.25, 0.3) is 5.91 Å². The second-order valence-electron chi connectivity index (χ2n) is 6.56. The largest absolute Gasteiger partial charge is 0.405 e. The van der Waals surface area contributed by atoms with Crippen LogP contribution in [0.15, 0.2) is 24.3 Å². The maximum Gasteiger partial charge on any atom is 0.405 e. The third kappa shape index (κ3) is 3.78. The molecular formula is C17H20F3N3O2. The molecule has 2 aliphatic rings. The molecule has 1 aromatic rings. The monoisotopic (exact) mass is 355 g/mol. The van der Waals surface area contributed by atoms with Crippen LogP contribution >= 0.6 is 0 Å². The van der Waals surface area contributed by atoms with Gasteiger partial charge in [-0.25, -0.2) is 0 Å². The topological polar surface area (TPSA) is 61.4 Å². The summed E-state index contributed by atoms with van der Waals surface area (Å²) >= 11 is 0. The van der Waals surface area contributed by atoms with E-state index < -0.39 is 24.2 Å². The highest BCUT2D eigenvalue weighted by molar-refractivity contribution is 5.99. The molecule has 0 atom stereocenters. The van der Waals surface area contributed by atoms with Crippen LogP contribution in [-0.2, 0) is 4.79 Å². The predicted molar refractivity (Wildman–Crippen MR) is 86.2 cm³/mol.